The van der Waals surface area contributed by atoms with Crippen molar-refractivity contribution < 1.29 is 19.4 Å². The molecule has 0 aliphatic carbocycles. The summed E-state index contributed by atoms with van der Waals surface area (Å²) in [6.45, 7) is 10.3. The van der Waals surface area contributed by atoms with Crippen LogP contribution in [0.1, 0.15) is 27.7 Å². The van der Waals surface area contributed by atoms with E-state index in [2.05, 4.69) is 0 Å². The van der Waals surface area contributed by atoms with E-state index in [-0.39, 0.29) is 5.91 Å². The van der Waals surface area contributed by atoms with Gasteiger partial charge in [0.15, 0.2) is 0 Å². The van der Waals surface area contributed by atoms with E-state index in [0.29, 0.717) is 26.3 Å². The average molecular weight is 450 g/mol. The van der Waals surface area contributed by atoms with Crippen LogP contribution in [0.4, 0.5) is 0 Å². The maximum absolute atomic E-state index is 12.1. The van der Waals surface area contributed by atoms with Crippen LogP contribution in [0.15, 0.2) is 107 Å². The molecule has 0 saturated carbocycles. The average Bonchev–Trinajstić information content (AvgIpc) is 2.79. The third-order valence-electron chi connectivity index (χ3n) is 4.57. The molecule has 1 amide bonds. The zero-order valence-electron chi connectivity index (χ0n) is 20.0. The molecule has 0 unspecified atom stereocenters. The van der Waals surface area contributed by atoms with E-state index in [9.17, 15) is 9.59 Å². The molecule has 33 heavy (non-hydrogen) atoms. The molecule has 5 heteroatoms. The molecule has 1 aliphatic rings. The Morgan fingerprint density at radius 3 is 1.55 bits per heavy atom. The van der Waals surface area contributed by atoms with E-state index in [1.165, 1.54) is 0 Å². The number of carboxylic acid groups (broad SMARTS) is 1. The first kappa shape index (κ1) is 27.6. The summed E-state index contributed by atoms with van der Waals surface area (Å²) >= 11 is 0. The van der Waals surface area contributed by atoms with Crippen LogP contribution in [0.2, 0.25) is 0 Å². The summed E-state index contributed by atoms with van der Waals surface area (Å²) in [5.74, 6) is -0.930. The number of hydrogen-bond donors (Lipinski definition) is 1. The molecule has 1 saturated heterocycles. The minimum absolute atomic E-state index is 0.0237. The molecule has 5 nitrogen and oxygen atoms in total. The number of morpholine rings is 1. The van der Waals surface area contributed by atoms with Crippen molar-refractivity contribution in [2.45, 2.75) is 27.7 Å². The maximum Gasteiger partial charge on any atom is 0.328 e. The Kier molecular flexibility index (Phi) is 13.6. The third kappa shape index (κ3) is 14.3. The van der Waals surface area contributed by atoms with Crippen molar-refractivity contribution >= 4 is 11.9 Å². The molecule has 1 heterocycles. The van der Waals surface area contributed by atoms with E-state index in [0.717, 1.165) is 28.4 Å². The summed E-state index contributed by atoms with van der Waals surface area (Å²) in [7, 11) is 0. The lowest BCUT2D eigenvalue weighted by molar-refractivity contribution is -0.131. The zero-order chi connectivity index (χ0) is 24.5. The number of rotatable bonds is 10. The standard InChI is InChI=1S/C28H35NO4/c1-23(9-5-6-10-24(2)12-8-14-26(4)16-18-28(31)32)11-7-13-25(3)15-17-27(30)29-19-21-33-22-20-29/h5-18H,19-22H2,1-4H3,(H,31,32)/b6-5+,11-7+,12-8+,17-15+,18-16+,23-9+,24-10+,25-13+,26-14-. The second-order valence-corrected chi connectivity index (χ2v) is 7.69. The van der Waals surface area contributed by atoms with Crippen LogP contribution in [0.3, 0.4) is 0 Å². The molecule has 1 rings (SSSR count). The zero-order valence-corrected chi connectivity index (χ0v) is 20.0. The molecule has 0 aromatic heterocycles. The van der Waals surface area contributed by atoms with Crippen LogP contribution in [0.5, 0.6) is 0 Å². The topological polar surface area (TPSA) is 66.8 Å². The lowest BCUT2D eigenvalue weighted by Gasteiger charge is -2.25. The molecule has 0 aromatic carbocycles. The van der Waals surface area contributed by atoms with Crippen molar-refractivity contribution in [3.8, 4) is 0 Å². The highest BCUT2D eigenvalue weighted by Crippen LogP contribution is 2.04. The summed E-state index contributed by atoms with van der Waals surface area (Å²) in [6.07, 6.45) is 25.8. The highest BCUT2D eigenvalue weighted by Gasteiger charge is 2.13. The molecule has 1 fully saturated rings. The molecule has 0 aromatic rings. The first-order valence-corrected chi connectivity index (χ1v) is 11.0. The first-order chi connectivity index (χ1) is 15.8. The predicted molar refractivity (Wildman–Crippen MR) is 136 cm³/mol. The predicted octanol–water partition coefficient (Wildman–Crippen LogP) is 5.50. The summed E-state index contributed by atoms with van der Waals surface area (Å²) in [6, 6.07) is 0. The van der Waals surface area contributed by atoms with Crippen molar-refractivity contribution in [2.75, 3.05) is 26.3 Å². The number of hydrogen-bond acceptors (Lipinski definition) is 3. The lowest BCUT2D eigenvalue weighted by atomic mass is 10.2. The molecule has 1 aliphatic heterocycles. The van der Waals surface area contributed by atoms with Crippen LogP contribution in [-0.4, -0.2) is 48.2 Å². The number of amides is 1. The molecule has 1 N–H and O–H groups in total. The summed E-state index contributed by atoms with van der Waals surface area (Å²) in [5.41, 5.74) is 4.06. The Balaban J connectivity index is 2.51. The fraction of sp³-hybridized carbons (Fsp3) is 0.286. The van der Waals surface area contributed by atoms with Gasteiger partial charge in [0, 0.05) is 25.2 Å². The van der Waals surface area contributed by atoms with Gasteiger partial charge in [-0.05, 0) is 27.7 Å². The van der Waals surface area contributed by atoms with E-state index in [4.69, 9.17) is 9.84 Å². The van der Waals surface area contributed by atoms with Gasteiger partial charge in [0.25, 0.3) is 0 Å². The summed E-state index contributed by atoms with van der Waals surface area (Å²) < 4.78 is 5.26. The summed E-state index contributed by atoms with van der Waals surface area (Å²) in [5, 5.41) is 8.61. The van der Waals surface area contributed by atoms with Crippen LogP contribution in [-0.2, 0) is 14.3 Å². The van der Waals surface area contributed by atoms with Crippen molar-refractivity contribution in [2.24, 2.45) is 0 Å². The molecular formula is C28H35NO4. The Hall–Kier alpha value is -3.44. The smallest absolute Gasteiger partial charge is 0.328 e. The molecule has 0 spiro atoms. The molecule has 176 valence electrons. The van der Waals surface area contributed by atoms with Crippen molar-refractivity contribution in [1.29, 1.82) is 0 Å². The Morgan fingerprint density at radius 1 is 0.636 bits per heavy atom. The van der Waals surface area contributed by atoms with Crippen molar-refractivity contribution in [1.82, 2.24) is 4.90 Å². The van der Waals surface area contributed by atoms with E-state index < -0.39 is 5.97 Å². The number of allylic oxidation sites excluding steroid dienone is 16. The van der Waals surface area contributed by atoms with Gasteiger partial charge in [0.05, 0.1) is 13.2 Å². The number of aliphatic carboxylic acids is 1. The molecule has 0 bridgehead atoms. The Bertz CT molecular complexity index is 931. The molecule has 0 radical (unpaired) electrons. The van der Waals surface area contributed by atoms with Crippen molar-refractivity contribution in [3.63, 3.8) is 0 Å². The number of nitrogens with zero attached hydrogens (tertiary/aromatic N) is 1. The Morgan fingerprint density at radius 2 is 1.06 bits per heavy atom. The van der Waals surface area contributed by atoms with Gasteiger partial charge in [-0.15, -0.1) is 0 Å². The second kappa shape index (κ2) is 16.2. The fourth-order valence-electron chi connectivity index (χ4n) is 2.63. The monoisotopic (exact) mass is 449 g/mol. The normalized spacial score (nSPS) is 17.5. The van der Waals surface area contributed by atoms with Gasteiger partial charge in [-0.3, -0.25) is 4.79 Å². The van der Waals surface area contributed by atoms with Crippen molar-refractivity contribution in [3.05, 3.63) is 107 Å². The number of ether oxygens (including phenoxy) is 1. The minimum Gasteiger partial charge on any atom is -0.478 e. The van der Waals surface area contributed by atoms with E-state index in [1.807, 2.05) is 94.5 Å². The molecular weight excluding hydrogens is 414 g/mol. The van der Waals surface area contributed by atoms with Crippen LogP contribution >= 0.6 is 0 Å². The fourth-order valence-corrected chi connectivity index (χ4v) is 2.63. The van der Waals surface area contributed by atoms with Crippen LogP contribution < -0.4 is 0 Å². The number of carbonyl (C=O) groups is 2. The lowest BCUT2D eigenvalue weighted by Crippen LogP contribution is -2.39. The van der Waals surface area contributed by atoms with Gasteiger partial charge in [-0.1, -0.05) is 95.2 Å². The quantitative estimate of drug-likeness (QED) is 0.353. The second-order valence-electron chi connectivity index (χ2n) is 7.69. The largest absolute Gasteiger partial charge is 0.478 e. The van der Waals surface area contributed by atoms with Crippen LogP contribution in [0, 0.1) is 0 Å². The third-order valence-corrected chi connectivity index (χ3v) is 4.57. The summed E-state index contributed by atoms with van der Waals surface area (Å²) in [4.78, 5) is 24.4. The SMILES string of the molecule is CC(=C/C=C/C(C)=C/C=C/C=C(C)/C=C/C=C(C)/C=C/C(=O)N1CCOCC1)/C=C/C(=O)O. The maximum atomic E-state index is 12.1. The van der Waals surface area contributed by atoms with Gasteiger partial charge in [0.1, 0.15) is 0 Å². The van der Waals surface area contributed by atoms with Gasteiger partial charge in [-0.2, -0.15) is 0 Å². The highest BCUT2D eigenvalue weighted by atomic mass is 16.5. The van der Waals surface area contributed by atoms with E-state index >= 15 is 0 Å². The Labute approximate surface area is 197 Å². The molecule has 0 atom stereocenters. The van der Waals surface area contributed by atoms with Gasteiger partial charge in [0.2, 0.25) is 5.91 Å². The number of carbonyl (C=O) groups excluding carboxylic acids is 1. The van der Waals surface area contributed by atoms with Gasteiger partial charge < -0.3 is 14.7 Å². The first-order valence-electron chi connectivity index (χ1n) is 11.0. The van der Waals surface area contributed by atoms with Gasteiger partial charge >= 0.3 is 5.97 Å². The van der Waals surface area contributed by atoms with Crippen LogP contribution in [0.25, 0.3) is 0 Å². The highest BCUT2D eigenvalue weighted by molar-refractivity contribution is 5.88. The van der Waals surface area contributed by atoms with E-state index in [1.54, 1.807) is 17.1 Å². The minimum atomic E-state index is -0.954. The van der Waals surface area contributed by atoms with Gasteiger partial charge in [-0.25, -0.2) is 4.79 Å². The number of carboxylic acids is 1.